The van der Waals surface area contributed by atoms with Gasteiger partial charge in [0.1, 0.15) is 0 Å². The predicted octanol–water partition coefficient (Wildman–Crippen LogP) is 3.26. The maximum absolute atomic E-state index is 11.6. The van der Waals surface area contributed by atoms with E-state index in [4.69, 9.17) is 11.6 Å². The van der Waals surface area contributed by atoms with Crippen LogP contribution in [0.3, 0.4) is 0 Å². The molecule has 1 aliphatic heterocycles. The molecule has 0 aliphatic carbocycles. The third-order valence-electron chi connectivity index (χ3n) is 4.98. The molecule has 0 N–H and O–H groups in total. The smallest absolute Gasteiger partial charge is 0.211 e. The summed E-state index contributed by atoms with van der Waals surface area (Å²) >= 11 is 6.08. The molecule has 0 amide bonds. The van der Waals surface area contributed by atoms with Gasteiger partial charge in [-0.3, -0.25) is 0 Å². The molecule has 0 radical (unpaired) electrons. The molecule has 0 aromatic heterocycles. The maximum atomic E-state index is 11.6. The number of rotatable bonds is 7. The first-order chi connectivity index (χ1) is 11.3. The van der Waals surface area contributed by atoms with Crippen LogP contribution in [0.4, 0.5) is 0 Å². The zero-order chi connectivity index (χ0) is 17.7. The average molecular weight is 373 g/mol. The lowest BCUT2D eigenvalue weighted by atomic mass is 9.96. The molecular weight excluding hydrogens is 344 g/mol. The highest BCUT2D eigenvalue weighted by molar-refractivity contribution is 7.88. The highest BCUT2D eigenvalue weighted by Gasteiger charge is 2.26. The van der Waals surface area contributed by atoms with Crippen LogP contribution in [0.5, 0.6) is 0 Å². The second-order valence-corrected chi connectivity index (χ2v) is 9.29. The van der Waals surface area contributed by atoms with Crippen LogP contribution in [0.1, 0.15) is 32.3 Å². The van der Waals surface area contributed by atoms with Crippen LogP contribution in [0.15, 0.2) is 24.3 Å². The normalized spacial score (nSPS) is 18.9. The van der Waals surface area contributed by atoms with E-state index in [2.05, 4.69) is 24.8 Å². The van der Waals surface area contributed by atoms with E-state index in [1.54, 1.807) is 4.31 Å². The van der Waals surface area contributed by atoms with Crippen molar-refractivity contribution < 1.29 is 8.42 Å². The Hall–Kier alpha value is -0.620. The molecule has 1 atom stereocenters. The molecule has 0 spiro atoms. The summed E-state index contributed by atoms with van der Waals surface area (Å²) in [6, 6.07) is 8.52. The molecule has 4 nitrogen and oxygen atoms in total. The Morgan fingerprint density at radius 3 is 2.54 bits per heavy atom. The first-order valence-corrected chi connectivity index (χ1v) is 11.0. The van der Waals surface area contributed by atoms with Crippen LogP contribution in [-0.4, -0.2) is 56.1 Å². The lowest BCUT2D eigenvalue weighted by molar-refractivity contribution is 0.152. The van der Waals surface area contributed by atoms with E-state index in [0.717, 1.165) is 37.4 Å². The molecule has 1 heterocycles. The topological polar surface area (TPSA) is 40.6 Å². The van der Waals surface area contributed by atoms with E-state index in [1.807, 2.05) is 18.2 Å². The summed E-state index contributed by atoms with van der Waals surface area (Å²) in [7, 11) is -3.04. The minimum Gasteiger partial charge on any atom is -0.300 e. The van der Waals surface area contributed by atoms with E-state index < -0.39 is 10.0 Å². The summed E-state index contributed by atoms with van der Waals surface area (Å²) in [6.07, 6.45) is 4.19. The third kappa shape index (κ3) is 5.73. The van der Waals surface area contributed by atoms with Gasteiger partial charge < -0.3 is 4.90 Å². The lowest BCUT2D eigenvalue weighted by Crippen LogP contribution is -2.43. The summed E-state index contributed by atoms with van der Waals surface area (Å²) < 4.78 is 24.8. The molecule has 0 bridgehead atoms. The predicted molar refractivity (Wildman–Crippen MR) is 101 cm³/mol. The molecule has 1 saturated heterocycles. The van der Waals surface area contributed by atoms with Gasteiger partial charge in [-0.2, -0.15) is 0 Å². The average Bonchev–Trinajstić information content (AvgIpc) is 2.52. The molecule has 2 rings (SSSR count). The van der Waals surface area contributed by atoms with Gasteiger partial charge in [0.2, 0.25) is 10.0 Å². The van der Waals surface area contributed by atoms with Crippen LogP contribution in [0.2, 0.25) is 5.02 Å². The van der Waals surface area contributed by atoms with Crippen molar-refractivity contribution in [1.29, 1.82) is 0 Å². The second kappa shape index (κ2) is 8.65. The zero-order valence-electron chi connectivity index (χ0n) is 14.9. The van der Waals surface area contributed by atoms with E-state index in [1.165, 1.54) is 11.8 Å². The fraction of sp³-hybridized carbons (Fsp3) is 0.667. The van der Waals surface area contributed by atoms with Crippen molar-refractivity contribution >= 4 is 21.6 Å². The number of piperidine rings is 1. The standard InChI is InChI=1S/C18H29ClN2O2S/c1-4-20(15(2)12-17-6-5-7-18(19)13-17)14-16-8-10-21(11-9-16)24(3,22)23/h5-7,13,15-16H,4,8-12,14H2,1-3H3/t15-/m1/s1. The van der Waals surface area contributed by atoms with Crippen LogP contribution in [0, 0.1) is 5.92 Å². The molecule has 0 unspecified atom stereocenters. The number of sulfonamides is 1. The summed E-state index contributed by atoms with van der Waals surface area (Å²) in [6.45, 7) is 7.81. The van der Waals surface area contributed by atoms with Crippen LogP contribution >= 0.6 is 11.6 Å². The zero-order valence-corrected chi connectivity index (χ0v) is 16.5. The van der Waals surface area contributed by atoms with Crippen molar-refractivity contribution in [2.45, 2.75) is 39.2 Å². The Morgan fingerprint density at radius 2 is 2.00 bits per heavy atom. The molecule has 1 fully saturated rings. The van der Waals surface area contributed by atoms with Gasteiger partial charge in [-0.25, -0.2) is 12.7 Å². The van der Waals surface area contributed by atoms with Crippen molar-refractivity contribution in [2.24, 2.45) is 5.92 Å². The van der Waals surface area contributed by atoms with Crippen molar-refractivity contribution in [3.8, 4) is 0 Å². The SMILES string of the molecule is CCN(CC1CCN(S(C)(=O)=O)CC1)[C@H](C)Cc1cccc(Cl)c1. The number of hydrogen-bond acceptors (Lipinski definition) is 3. The molecule has 0 saturated carbocycles. The van der Waals surface area contributed by atoms with Crippen LogP contribution in [0.25, 0.3) is 0 Å². The molecule has 1 aliphatic rings. The summed E-state index contributed by atoms with van der Waals surface area (Å²) in [5.74, 6) is 0.574. The third-order valence-corrected chi connectivity index (χ3v) is 6.52. The summed E-state index contributed by atoms with van der Waals surface area (Å²) in [5.41, 5.74) is 1.26. The quantitative estimate of drug-likeness (QED) is 0.737. The van der Waals surface area contributed by atoms with Gasteiger partial charge in [-0.05, 0) is 56.3 Å². The fourth-order valence-electron chi connectivity index (χ4n) is 3.51. The molecule has 1 aromatic carbocycles. The van der Waals surface area contributed by atoms with Gasteiger partial charge >= 0.3 is 0 Å². The minimum atomic E-state index is -3.04. The largest absolute Gasteiger partial charge is 0.300 e. The molecule has 6 heteroatoms. The number of likely N-dealkylation sites (N-methyl/N-ethyl adjacent to an activating group) is 1. The van der Waals surface area contributed by atoms with Gasteiger partial charge in [0.05, 0.1) is 6.26 Å². The van der Waals surface area contributed by atoms with Gasteiger partial charge in [-0.1, -0.05) is 30.7 Å². The van der Waals surface area contributed by atoms with E-state index >= 15 is 0 Å². The van der Waals surface area contributed by atoms with Crippen LogP contribution < -0.4 is 0 Å². The molecule has 24 heavy (non-hydrogen) atoms. The molecule has 136 valence electrons. The Bertz CT molecular complexity index is 628. The van der Waals surface area contributed by atoms with Crippen molar-refractivity contribution in [3.05, 3.63) is 34.9 Å². The molecule has 1 aromatic rings. The van der Waals surface area contributed by atoms with Crippen molar-refractivity contribution in [2.75, 3.05) is 32.4 Å². The van der Waals surface area contributed by atoms with E-state index in [0.29, 0.717) is 25.0 Å². The van der Waals surface area contributed by atoms with Crippen molar-refractivity contribution in [3.63, 3.8) is 0 Å². The highest BCUT2D eigenvalue weighted by Crippen LogP contribution is 2.22. The Morgan fingerprint density at radius 1 is 1.33 bits per heavy atom. The number of benzene rings is 1. The van der Waals surface area contributed by atoms with Gasteiger partial charge in [0.15, 0.2) is 0 Å². The number of halogens is 1. The minimum absolute atomic E-state index is 0.446. The maximum Gasteiger partial charge on any atom is 0.211 e. The Labute approximate surface area is 151 Å². The lowest BCUT2D eigenvalue weighted by Gasteiger charge is -2.36. The number of hydrogen-bond donors (Lipinski definition) is 0. The van der Waals surface area contributed by atoms with Gasteiger partial charge in [0, 0.05) is 30.7 Å². The van der Waals surface area contributed by atoms with E-state index in [9.17, 15) is 8.42 Å². The second-order valence-electron chi connectivity index (χ2n) is 6.88. The van der Waals surface area contributed by atoms with Gasteiger partial charge in [-0.15, -0.1) is 0 Å². The Balaban J connectivity index is 1.88. The number of nitrogens with zero attached hydrogens (tertiary/aromatic N) is 2. The van der Waals surface area contributed by atoms with Crippen molar-refractivity contribution in [1.82, 2.24) is 9.21 Å². The Kier molecular flexibility index (Phi) is 7.10. The fourth-order valence-corrected chi connectivity index (χ4v) is 4.60. The summed E-state index contributed by atoms with van der Waals surface area (Å²) in [4.78, 5) is 2.50. The van der Waals surface area contributed by atoms with Gasteiger partial charge in [0.25, 0.3) is 0 Å². The first kappa shape index (κ1) is 19.7. The first-order valence-electron chi connectivity index (χ1n) is 8.73. The highest BCUT2D eigenvalue weighted by atomic mass is 35.5. The summed E-state index contributed by atoms with van der Waals surface area (Å²) in [5, 5.41) is 0.788. The monoisotopic (exact) mass is 372 g/mol. The van der Waals surface area contributed by atoms with Crippen LogP contribution in [-0.2, 0) is 16.4 Å². The molecular formula is C18H29ClN2O2S. The van der Waals surface area contributed by atoms with E-state index in [-0.39, 0.29) is 0 Å².